The third kappa shape index (κ3) is 16.4. The van der Waals surface area contributed by atoms with Gasteiger partial charge in [-0.15, -0.1) is 9.46 Å². The summed E-state index contributed by atoms with van der Waals surface area (Å²) < 4.78 is -0.0405. The van der Waals surface area contributed by atoms with E-state index in [0.717, 1.165) is 24.3 Å². The number of nitrogens with two attached hydrogens (primary N) is 1. The molecule has 0 saturated heterocycles. The first-order valence-electron chi connectivity index (χ1n) is 20.8. The van der Waals surface area contributed by atoms with Gasteiger partial charge in [0, 0.05) is 51.9 Å². The van der Waals surface area contributed by atoms with Crippen LogP contribution in [0.25, 0.3) is 0 Å². The van der Waals surface area contributed by atoms with Crippen LogP contribution in [0, 0.1) is 0 Å². The second-order valence-corrected chi connectivity index (χ2v) is 14.1. The molecule has 25 heteroatoms. The van der Waals surface area contributed by atoms with Crippen molar-refractivity contribution in [1.82, 2.24) is 51.5 Å². The Bertz CT molecular complexity index is 2070. The average molecular weight is 906 g/mol. The van der Waals surface area contributed by atoms with Crippen LogP contribution in [0.5, 0.6) is 0 Å². The van der Waals surface area contributed by atoms with Crippen LogP contribution in [0.1, 0.15) is 120 Å². The summed E-state index contributed by atoms with van der Waals surface area (Å²) in [5, 5.41) is 49.2. The molecule has 4 bridgehead atoms. The van der Waals surface area contributed by atoms with Crippen LogP contribution in [0.3, 0.4) is 0 Å². The molecule has 2 aromatic heterocycles. The minimum atomic E-state index is -1.24. The summed E-state index contributed by atoms with van der Waals surface area (Å²) >= 11 is 0. The van der Waals surface area contributed by atoms with Crippen LogP contribution in [0.15, 0.2) is 33.9 Å². The van der Waals surface area contributed by atoms with Gasteiger partial charge in [-0.1, -0.05) is 26.7 Å². The van der Waals surface area contributed by atoms with Gasteiger partial charge in [0.1, 0.15) is 35.4 Å². The Kier molecular flexibility index (Phi) is 23.3. The topological polar surface area (TPSA) is 366 Å². The average Bonchev–Trinajstić information content (AvgIpc) is 3.28. The number of carbonyl (C=O) groups excluding carboxylic acids is 8. The normalized spacial score (nSPS) is 16.2. The maximum atomic E-state index is 13.3. The predicted octanol–water partition coefficient (Wildman–Crippen LogP) is -1.96. The van der Waals surface area contributed by atoms with Crippen LogP contribution >= 0.6 is 0 Å². The first-order valence-corrected chi connectivity index (χ1v) is 20.8. The van der Waals surface area contributed by atoms with Crippen molar-refractivity contribution >= 4 is 47.3 Å². The monoisotopic (exact) mass is 905 g/mol. The lowest BCUT2D eigenvalue weighted by Crippen LogP contribution is -2.46. The lowest BCUT2D eigenvalue weighted by atomic mass is 10.1. The zero-order valence-corrected chi connectivity index (χ0v) is 35.9. The number of carbonyl (C=O) groups is 8. The van der Waals surface area contributed by atoms with Crippen molar-refractivity contribution in [3.05, 3.63) is 67.5 Å². The molecule has 0 spiro atoms. The number of pyridine rings is 2. The van der Waals surface area contributed by atoms with E-state index in [0.29, 0.717) is 25.8 Å². The van der Waals surface area contributed by atoms with Gasteiger partial charge in [-0.2, -0.15) is 0 Å². The molecule has 3 aliphatic rings. The van der Waals surface area contributed by atoms with Crippen molar-refractivity contribution < 1.29 is 59.2 Å². The van der Waals surface area contributed by atoms with Crippen LogP contribution in [-0.2, 0) is 19.2 Å². The predicted molar refractivity (Wildman–Crippen MR) is 224 cm³/mol. The molecule has 1 atom stereocenters. The van der Waals surface area contributed by atoms with Crippen molar-refractivity contribution in [2.24, 2.45) is 5.73 Å². The summed E-state index contributed by atoms with van der Waals surface area (Å²) in [6.07, 6.45) is 1.39. The minimum Gasteiger partial charge on any atom is -0.425 e. The Morgan fingerprint density at radius 1 is 0.625 bits per heavy atom. The molecule has 0 aliphatic carbocycles. The van der Waals surface area contributed by atoms with E-state index in [9.17, 15) is 58.4 Å². The highest BCUT2D eigenvalue weighted by molar-refractivity contribution is 5.98. The van der Waals surface area contributed by atoms with E-state index >= 15 is 0 Å². The smallest absolute Gasteiger partial charge is 0.296 e. The molecule has 0 aromatic carbocycles. The molecule has 3 aliphatic heterocycles. The van der Waals surface area contributed by atoms with Gasteiger partial charge in [-0.05, 0) is 69.3 Å². The molecular weight excluding hydrogens is 846 g/mol. The molecule has 0 unspecified atom stereocenters. The Labute approximate surface area is 367 Å². The number of hydroxylamine groups is 2. The number of hydrogen-bond donors (Lipinski definition) is 11. The second kappa shape index (κ2) is 28.0. The highest BCUT2D eigenvalue weighted by Crippen LogP contribution is 2.09. The van der Waals surface area contributed by atoms with E-state index in [4.69, 9.17) is 16.1 Å². The maximum Gasteiger partial charge on any atom is 0.296 e. The van der Waals surface area contributed by atoms with E-state index < -0.39 is 99.8 Å². The van der Waals surface area contributed by atoms with Crippen molar-refractivity contribution in [2.45, 2.75) is 84.1 Å². The van der Waals surface area contributed by atoms with Gasteiger partial charge in [0.2, 0.25) is 11.8 Å². The number of nitrogens with zero attached hydrogens (tertiary/aromatic N) is 4. The fourth-order valence-electron chi connectivity index (χ4n) is 6.29. The van der Waals surface area contributed by atoms with Gasteiger partial charge in [0.25, 0.3) is 46.6 Å². The standard InChI is InChI=1S/C37H53N11O14.C2H6/c38-13-3-1-2-8-23-22-41-34(55)26-11-9-24(36(57)47(26)61)32(53)39-14-6-18-45(30(51)20-28(49)43-59)16-4-5-17-46(31(52)21-29(50)44-60)19-7-15-40-33(54)25-10-12-27(35(56)42-23)48(62)37(25)58;1-2/h9-12,23,59-62H,1-8,13-22,38H2,(H,39,53)(H,40,54)(H,41,55)(H,42,56)(H,43,49)(H,44,50);1-2H3/t23-;/m0./s1. The third-order valence-electron chi connectivity index (χ3n) is 9.64. The Morgan fingerprint density at radius 2 is 1.06 bits per heavy atom. The highest BCUT2D eigenvalue weighted by atomic mass is 16.5. The van der Waals surface area contributed by atoms with E-state index in [-0.39, 0.29) is 87.4 Å². The molecule has 5 heterocycles. The van der Waals surface area contributed by atoms with Crippen molar-refractivity contribution in [2.75, 3.05) is 52.4 Å². The van der Waals surface area contributed by atoms with Crippen LogP contribution in [-0.4, -0.2) is 146 Å². The van der Waals surface area contributed by atoms with Crippen molar-refractivity contribution in [1.29, 1.82) is 0 Å². The summed E-state index contributed by atoms with van der Waals surface area (Å²) in [6.45, 7) is 4.00. The summed E-state index contributed by atoms with van der Waals surface area (Å²) in [6, 6.07) is 3.26. The molecule has 0 radical (unpaired) electrons. The van der Waals surface area contributed by atoms with Crippen molar-refractivity contribution in [3.8, 4) is 0 Å². The lowest BCUT2D eigenvalue weighted by Gasteiger charge is -2.25. The Hall–Kier alpha value is -6.86. The summed E-state index contributed by atoms with van der Waals surface area (Å²) in [7, 11) is 0. The van der Waals surface area contributed by atoms with Gasteiger partial charge < -0.3 is 47.2 Å². The second-order valence-electron chi connectivity index (χ2n) is 14.1. The molecule has 354 valence electrons. The van der Waals surface area contributed by atoms with Crippen LogP contribution in [0.2, 0.25) is 0 Å². The molecule has 0 fully saturated rings. The number of rotatable bonds is 9. The van der Waals surface area contributed by atoms with Crippen molar-refractivity contribution in [3.63, 3.8) is 0 Å². The summed E-state index contributed by atoms with van der Waals surface area (Å²) in [5.41, 5.74) is 3.69. The van der Waals surface area contributed by atoms with Gasteiger partial charge in [0.15, 0.2) is 0 Å². The molecule has 5 rings (SSSR count). The van der Waals surface area contributed by atoms with Gasteiger partial charge in [0.05, 0.1) is 0 Å². The SMILES string of the molecule is CC.NCCCCC[C@H]1CNC(=O)c2ccc(c(=O)n2O)C(=O)NCCCN(C(=O)CC(=O)NO)CCCCN(C(=O)CC(=O)NO)CCCNC(=O)c2ccc(n(O)c2=O)C(=O)N1. The largest absolute Gasteiger partial charge is 0.425 e. The fraction of sp³-hybridized carbons (Fsp3) is 0.538. The number of fused-ring (bicyclic) bond motifs is 2. The Morgan fingerprint density at radius 3 is 1.50 bits per heavy atom. The van der Waals surface area contributed by atoms with Gasteiger partial charge >= 0.3 is 0 Å². The lowest BCUT2D eigenvalue weighted by molar-refractivity contribution is -0.141. The molecule has 25 nitrogen and oxygen atoms in total. The number of unbranched alkanes of at least 4 members (excludes halogenated alkanes) is 2. The molecule has 0 saturated carbocycles. The molecule has 64 heavy (non-hydrogen) atoms. The van der Waals surface area contributed by atoms with Gasteiger partial charge in [-0.3, -0.25) is 58.4 Å². The number of aromatic nitrogens is 2. The Balaban J connectivity index is 0.00000694. The number of amides is 8. The minimum absolute atomic E-state index is 0.0152. The third-order valence-corrected chi connectivity index (χ3v) is 9.64. The molecule has 12 N–H and O–H groups in total. The first-order chi connectivity index (χ1) is 30.6. The quantitative estimate of drug-likeness (QED) is 0.0428. The maximum absolute atomic E-state index is 13.3. The van der Waals surface area contributed by atoms with Gasteiger partial charge in [-0.25, -0.2) is 11.0 Å². The fourth-order valence-corrected chi connectivity index (χ4v) is 6.29. The van der Waals surface area contributed by atoms with Crippen LogP contribution in [0.4, 0.5) is 0 Å². The van der Waals surface area contributed by atoms with Crippen LogP contribution < -0.4 is 49.1 Å². The summed E-state index contributed by atoms with van der Waals surface area (Å²) in [5.74, 6) is -7.08. The highest BCUT2D eigenvalue weighted by Gasteiger charge is 2.25. The molecule has 8 amide bonds. The number of nitrogens with one attached hydrogen (secondary N) is 6. The van der Waals surface area contributed by atoms with E-state index in [2.05, 4.69) is 21.3 Å². The number of hydrogen-bond acceptors (Lipinski definition) is 15. The summed E-state index contributed by atoms with van der Waals surface area (Å²) in [4.78, 5) is 130. The van der Waals surface area contributed by atoms with E-state index in [1.54, 1.807) is 0 Å². The van der Waals surface area contributed by atoms with E-state index in [1.807, 2.05) is 13.8 Å². The van der Waals surface area contributed by atoms with E-state index in [1.165, 1.54) is 20.8 Å². The molecular formula is C39H59N11O14. The zero-order valence-electron chi connectivity index (χ0n) is 35.9. The molecule has 2 aromatic rings. The zero-order chi connectivity index (χ0) is 47.8. The first kappa shape index (κ1) is 53.3.